The normalized spacial score (nSPS) is 11.5. The first-order valence-corrected chi connectivity index (χ1v) is 8.82. The number of halogens is 1. The first kappa shape index (κ1) is 15.3. The molecule has 0 fully saturated rings. The Kier molecular flexibility index (Phi) is 5.04. The van der Waals surface area contributed by atoms with Crippen molar-refractivity contribution < 1.29 is 8.42 Å². The molecule has 0 unspecified atom stereocenters. The van der Waals surface area contributed by atoms with Crippen LogP contribution in [0.15, 0.2) is 39.9 Å². The monoisotopic (exact) mass is 330 g/mol. The molecule has 0 amide bonds. The molecule has 0 saturated heterocycles. The van der Waals surface area contributed by atoms with Crippen LogP contribution in [0.3, 0.4) is 0 Å². The number of hydrogen-bond donors (Lipinski definition) is 2. The summed E-state index contributed by atoms with van der Waals surface area (Å²) >= 11 is 7.16. The number of benzene rings is 1. The van der Waals surface area contributed by atoms with Gasteiger partial charge in [-0.05, 0) is 35.7 Å². The van der Waals surface area contributed by atoms with Gasteiger partial charge in [-0.2, -0.15) is 0 Å². The molecule has 1 aromatic carbocycles. The smallest absolute Gasteiger partial charge is 0.271 e. The van der Waals surface area contributed by atoms with Gasteiger partial charge in [0.1, 0.15) is 4.21 Å². The van der Waals surface area contributed by atoms with Crippen LogP contribution in [0, 0.1) is 0 Å². The molecule has 0 bridgehead atoms. The van der Waals surface area contributed by atoms with Crippen molar-refractivity contribution in [2.75, 3.05) is 11.3 Å². The van der Waals surface area contributed by atoms with Crippen molar-refractivity contribution in [1.29, 1.82) is 0 Å². The summed E-state index contributed by atoms with van der Waals surface area (Å²) in [5.41, 5.74) is 1.34. The van der Waals surface area contributed by atoms with E-state index in [-0.39, 0.29) is 4.21 Å². The fourth-order valence-electron chi connectivity index (χ4n) is 1.60. The SMILES string of the molecule is CCNCc1csc(S(=O)(=O)Nc2ccccc2Cl)c1. The van der Waals surface area contributed by atoms with Crippen LogP contribution in [0.4, 0.5) is 5.69 Å². The standard InChI is InChI=1S/C13H15ClN2O2S2/c1-2-15-8-10-7-13(19-9-10)20(17,18)16-12-6-4-3-5-11(12)14/h3-7,9,15-16H,2,8H2,1H3. The molecule has 0 aliphatic carbocycles. The van der Waals surface area contributed by atoms with Gasteiger partial charge in [-0.15, -0.1) is 11.3 Å². The molecule has 4 nitrogen and oxygen atoms in total. The summed E-state index contributed by atoms with van der Waals surface area (Å²) in [7, 11) is -3.58. The third-order valence-corrected chi connectivity index (χ3v) is 5.78. The summed E-state index contributed by atoms with van der Waals surface area (Å²) in [4.78, 5) is 0. The number of anilines is 1. The highest BCUT2D eigenvalue weighted by Crippen LogP contribution is 2.26. The van der Waals surface area contributed by atoms with Crippen molar-refractivity contribution in [3.63, 3.8) is 0 Å². The third kappa shape index (κ3) is 3.73. The van der Waals surface area contributed by atoms with E-state index < -0.39 is 10.0 Å². The second-order valence-electron chi connectivity index (χ2n) is 4.14. The van der Waals surface area contributed by atoms with Crippen LogP contribution < -0.4 is 10.0 Å². The lowest BCUT2D eigenvalue weighted by Crippen LogP contribution is -2.12. The van der Waals surface area contributed by atoms with Gasteiger partial charge in [0.25, 0.3) is 10.0 Å². The van der Waals surface area contributed by atoms with Gasteiger partial charge < -0.3 is 5.32 Å². The van der Waals surface area contributed by atoms with E-state index in [1.54, 1.807) is 30.3 Å². The Bertz CT molecular complexity index is 683. The molecule has 0 spiro atoms. The van der Waals surface area contributed by atoms with Crippen molar-refractivity contribution >= 4 is 38.6 Å². The summed E-state index contributed by atoms with van der Waals surface area (Å²) in [5, 5.41) is 5.37. The Balaban J connectivity index is 2.18. The number of rotatable bonds is 6. The molecule has 2 aromatic rings. The topological polar surface area (TPSA) is 58.2 Å². The predicted molar refractivity (Wildman–Crippen MR) is 84.0 cm³/mol. The van der Waals surface area contributed by atoms with Crippen LogP contribution in [-0.2, 0) is 16.6 Å². The van der Waals surface area contributed by atoms with Gasteiger partial charge in [-0.3, -0.25) is 4.72 Å². The minimum absolute atomic E-state index is 0.283. The number of sulfonamides is 1. The average molecular weight is 331 g/mol. The second-order valence-corrected chi connectivity index (χ2v) is 7.37. The molecule has 0 atom stereocenters. The maximum absolute atomic E-state index is 12.3. The molecular weight excluding hydrogens is 316 g/mol. The molecule has 2 N–H and O–H groups in total. The number of para-hydroxylation sites is 1. The third-order valence-electron chi connectivity index (χ3n) is 2.59. The molecule has 7 heteroatoms. The van der Waals surface area contributed by atoms with Crippen LogP contribution in [-0.4, -0.2) is 15.0 Å². The van der Waals surface area contributed by atoms with Crippen molar-refractivity contribution in [1.82, 2.24) is 5.32 Å². The lowest BCUT2D eigenvalue weighted by Gasteiger charge is -2.07. The van der Waals surface area contributed by atoms with Crippen molar-refractivity contribution in [3.05, 3.63) is 46.3 Å². The van der Waals surface area contributed by atoms with Crippen molar-refractivity contribution in [2.24, 2.45) is 0 Å². The number of hydrogen-bond acceptors (Lipinski definition) is 4. The summed E-state index contributed by atoms with van der Waals surface area (Å²) in [5.74, 6) is 0. The van der Waals surface area contributed by atoms with Gasteiger partial charge in [-0.1, -0.05) is 30.7 Å². The maximum atomic E-state index is 12.3. The molecule has 1 aromatic heterocycles. The fourth-order valence-corrected chi connectivity index (χ4v) is 4.12. The van der Waals surface area contributed by atoms with Crippen LogP contribution in [0.5, 0.6) is 0 Å². The van der Waals surface area contributed by atoms with E-state index in [0.29, 0.717) is 17.3 Å². The molecular formula is C13H15ClN2O2S2. The molecule has 0 aliphatic heterocycles. The predicted octanol–water partition coefficient (Wildman–Crippen LogP) is 3.31. The highest BCUT2D eigenvalue weighted by atomic mass is 35.5. The van der Waals surface area contributed by atoms with Gasteiger partial charge in [0, 0.05) is 6.54 Å². The molecule has 108 valence electrons. The summed E-state index contributed by atoms with van der Waals surface area (Å²) in [6.45, 7) is 3.51. The minimum atomic E-state index is -3.58. The van der Waals surface area contributed by atoms with E-state index in [9.17, 15) is 8.42 Å². The zero-order chi connectivity index (χ0) is 14.6. The summed E-state index contributed by atoms with van der Waals surface area (Å²) < 4.78 is 27.3. The van der Waals surface area contributed by atoms with Crippen LogP contribution in [0.25, 0.3) is 0 Å². The van der Waals surface area contributed by atoms with Gasteiger partial charge in [0.05, 0.1) is 10.7 Å². The van der Waals surface area contributed by atoms with E-state index in [2.05, 4.69) is 10.0 Å². The maximum Gasteiger partial charge on any atom is 0.271 e. The number of thiophene rings is 1. The summed E-state index contributed by atoms with van der Waals surface area (Å²) in [6, 6.07) is 8.43. The lowest BCUT2D eigenvalue weighted by atomic mass is 10.3. The number of nitrogens with one attached hydrogen (secondary N) is 2. The van der Waals surface area contributed by atoms with E-state index in [0.717, 1.165) is 12.1 Å². The Morgan fingerprint density at radius 3 is 2.75 bits per heavy atom. The van der Waals surface area contributed by atoms with Crippen molar-refractivity contribution in [3.8, 4) is 0 Å². The minimum Gasteiger partial charge on any atom is -0.313 e. The van der Waals surface area contributed by atoms with Gasteiger partial charge in [0.15, 0.2) is 0 Å². The highest BCUT2D eigenvalue weighted by molar-refractivity contribution is 7.94. The zero-order valence-electron chi connectivity index (χ0n) is 10.9. The lowest BCUT2D eigenvalue weighted by molar-refractivity contribution is 0.603. The first-order chi connectivity index (χ1) is 9.53. The van der Waals surface area contributed by atoms with E-state index in [4.69, 9.17) is 11.6 Å². The molecule has 1 heterocycles. The van der Waals surface area contributed by atoms with E-state index in [1.165, 1.54) is 11.3 Å². The zero-order valence-corrected chi connectivity index (χ0v) is 13.3. The van der Waals surface area contributed by atoms with Crippen molar-refractivity contribution in [2.45, 2.75) is 17.7 Å². The molecule has 0 radical (unpaired) electrons. The Morgan fingerprint density at radius 1 is 1.30 bits per heavy atom. The quantitative estimate of drug-likeness (QED) is 0.854. The van der Waals surface area contributed by atoms with Gasteiger partial charge in [-0.25, -0.2) is 8.42 Å². The highest BCUT2D eigenvalue weighted by Gasteiger charge is 2.17. The molecule has 20 heavy (non-hydrogen) atoms. The summed E-state index contributed by atoms with van der Waals surface area (Å²) in [6.07, 6.45) is 0. The Labute approximate surface area is 127 Å². The Morgan fingerprint density at radius 2 is 2.05 bits per heavy atom. The largest absolute Gasteiger partial charge is 0.313 e. The van der Waals surface area contributed by atoms with E-state index in [1.807, 2.05) is 12.3 Å². The fraction of sp³-hybridized carbons (Fsp3) is 0.231. The average Bonchev–Trinajstić information content (AvgIpc) is 2.88. The first-order valence-electron chi connectivity index (χ1n) is 6.08. The van der Waals surface area contributed by atoms with Crippen LogP contribution >= 0.6 is 22.9 Å². The second kappa shape index (κ2) is 6.58. The van der Waals surface area contributed by atoms with E-state index >= 15 is 0 Å². The van der Waals surface area contributed by atoms with Gasteiger partial charge >= 0.3 is 0 Å². The molecule has 2 rings (SSSR count). The van der Waals surface area contributed by atoms with Crippen LogP contribution in [0.2, 0.25) is 5.02 Å². The molecule has 0 aliphatic rings. The molecule has 0 saturated carbocycles. The Hall–Kier alpha value is -1.08. The van der Waals surface area contributed by atoms with Crippen LogP contribution in [0.1, 0.15) is 12.5 Å². The van der Waals surface area contributed by atoms with Gasteiger partial charge in [0.2, 0.25) is 0 Å².